The molecule has 1 aromatic carbocycles. The number of piperidine rings is 1. The molecule has 1 saturated heterocycles. The number of pyridine rings is 1. The maximum Gasteiger partial charge on any atom is 0.296 e. The fourth-order valence-corrected chi connectivity index (χ4v) is 3.80. The van der Waals surface area contributed by atoms with Crippen LogP contribution in [0, 0.1) is 5.92 Å². The van der Waals surface area contributed by atoms with Gasteiger partial charge >= 0.3 is 0 Å². The molecule has 1 aliphatic heterocycles. The van der Waals surface area contributed by atoms with E-state index in [1.54, 1.807) is 12.0 Å². The maximum atomic E-state index is 13.3. The van der Waals surface area contributed by atoms with Crippen molar-refractivity contribution in [2.75, 3.05) is 20.2 Å². The third kappa shape index (κ3) is 3.28. The van der Waals surface area contributed by atoms with Gasteiger partial charge in [0.25, 0.3) is 11.7 Å². The molecule has 3 heterocycles. The second-order valence-electron chi connectivity index (χ2n) is 7.43. The van der Waals surface area contributed by atoms with Crippen LogP contribution >= 0.6 is 0 Å². The van der Waals surface area contributed by atoms with Gasteiger partial charge in [-0.25, -0.2) is 0 Å². The molecule has 1 fully saturated rings. The van der Waals surface area contributed by atoms with E-state index < -0.39 is 11.7 Å². The van der Waals surface area contributed by atoms with Crippen LogP contribution in [0.25, 0.3) is 16.6 Å². The SMILES string of the molecule is COc1ccc(-c2cc3ccccn3c2C(=O)C(=O)N2CCC(C)CC2)cc1. The van der Waals surface area contributed by atoms with Crippen LogP contribution in [-0.4, -0.2) is 41.2 Å². The van der Waals surface area contributed by atoms with Gasteiger partial charge < -0.3 is 14.0 Å². The van der Waals surface area contributed by atoms with Crippen molar-refractivity contribution in [2.24, 2.45) is 5.92 Å². The Hall–Kier alpha value is -3.08. The Morgan fingerprint density at radius 1 is 1.04 bits per heavy atom. The molecule has 5 heteroatoms. The topological polar surface area (TPSA) is 51.0 Å². The first-order valence-corrected chi connectivity index (χ1v) is 9.66. The summed E-state index contributed by atoms with van der Waals surface area (Å²) < 4.78 is 7.05. The number of carbonyl (C=O) groups excluding carboxylic acids is 2. The molecule has 0 N–H and O–H groups in total. The number of rotatable bonds is 4. The lowest BCUT2D eigenvalue weighted by molar-refractivity contribution is -0.127. The number of fused-ring (bicyclic) bond motifs is 1. The van der Waals surface area contributed by atoms with Gasteiger partial charge in [-0.1, -0.05) is 25.1 Å². The first kappa shape index (κ1) is 18.3. The molecule has 0 unspecified atom stereocenters. The Morgan fingerprint density at radius 3 is 2.43 bits per heavy atom. The number of amides is 1. The van der Waals surface area contributed by atoms with Crippen LogP contribution in [0.5, 0.6) is 5.75 Å². The summed E-state index contributed by atoms with van der Waals surface area (Å²) in [5.41, 5.74) is 2.95. The van der Waals surface area contributed by atoms with E-state index in [1.807, 2.05) is 59.1 Å². The molecule has 0 aliphatic carbocycles. The largest absolute Gasteiger partial charge is 0.497 e. The Balaban J connectivity index is 1.76. The third-order valence-electron chi connectivity index (χ3n) is 5.56. The summed E-state index contributed by atoms with van der Waals surface area (Å²) in [6.45, 7) is 3.48. The molecule has 1 amide bonds. The van der Waals surface area contributed by atoms with Crippen molar-refractivity contribution < 1.29 is 14.3 Å². The van der Waals surface area contributed by atoms with Crippen molar-refractivity contribution in [2.45, 2.75) is 19.8 Å². The number of carbonyl (C=O) groups is 2. The molecule has 0 radical (unpaired) electrons. The molecule has 3 aromatic rings. The van der Waals surface area contributed by atoms with Crippen molar-refractivity contribution in [1.29, 1.82) is 0 Å². The fraction of sp³-hybridized carbons (Fsp3) is 0.304. The molecule has 2 aromatic heterocycles. The molecule has 0 saturated carbocycles. The van der Waals surface area contributed by atoms with Crippen molar-refractivity contribution in [3.63, 3.8) is 0 Å². The predicted octanol–water partition coefficient (Wildman–Crippen LogP) is 4.06. The molecular weight excluding hydrogens is 352 g/mol. The first-order chi connectivity index (χ1) is 13.6. The number of ether oxygens (including phenoxy) is 1. The van der Waals surface area contributed by atoms with Crippen molar-refractivity contribution >= 4 is 17.2 Å². The van der Waals surface area contributed by atoms with E-state index in [4.69, 9.17) is 4.74 Å². The highest BCUT2D eigenvalue weighted by atomic mass is 16.5. The summed E-state index contributed by atoms with van der Waals surface area (Å²) >= 11 is 0. The van der Waals surface area contributed by atoms with Gasteiger partial charge in [-0.15, -0.1) is 0 Å². The Morgan fingerprint density at radius 2 is 1.75 bits per heavy atom. The lowest BCUT2D eigenvalue weighted by atomic mass is 9.98. The number of likely N-dealkylation sites (tertiary alicyclic amines) is 1. The maximum absolute atomic E-state index is 13.3. The zero-order valence-corrected chi connectivity index (χ0v) is 16.2. The molecule has 0 bridgehead atoms. The number of nitrogens with zero attached hydrogens (tertiary/aromatic N) is 2. The molecule has 144 valence electrons. The standard InChI is InChI=1S/C23H24N2O3/c1-16-10-13-24(14-11-16)23(27)22(26)21-20(15-18-5-3-4-12-25(18)21)17-6-8-19(28-2)9-7-17/h3-9,12,15-16H,10-11,13-14H2,1-2H3. The van der Waals surface area contributed by atoms with E-state index in [0.717, 1.165) is 35.2 Å². The van der Waals surface area contributed by atoms with Crippen LogP contribution in [-0.2, 0) is 4.79 Å². The van der Waals surface area contributed by atoms with Crippen LogP contribution in [0.4, 0.5) is 0 Å². The lowest BCUT2D eigenvalue weighted by Crippen LogP contribution is -2.42. The molecule has 5 nitrogen and oxygen atoms in total. The van der Waals surface area contributed by atoms with Crippen LogP contribution in [0.3, 0.4) is 0 Å². The van der Waals surface area contributed by atoms with Crippen LogP contribution in [0.15, 0.2) is 54.7 Å². The van der Waals surface area contributed by atoms with E-state index >= 15 is 0 Å². The smallest absolute Gasteiger partial charge is 0.296 e. The Bertz CT molecular complexity index is 1010. The summed E-state index contributed by atoms with van der Waals surface area (Å²) in [5.74, 6) is 0.485. The second kappa shape index (κ2) is 7.50. The molecule has 0 atom stereocenters. The summed E-state index contributed by atoms with van der Waals surface area (Å²) in [7, 11) is 1.62. The summed E-state index contributed by atoms with van der Waals surface area (Å²) in [6, 6.07) is 15.2. The van der Waals surface area contributed by atoms with Crippen LogP contribution in [0.2, 0.25) is 0 Å². The zero-order valence-electron chi connectivity index (χ0n) is 16.2. The van der Waals surface area contributed by atoms with Gasteiger partial charge in [0, 0.05) is 30.4 Å². The number of methoxy groups -OCH3 is 1. The molecule has 28 heavy (non-hydrogen) atoms. The van der Waals surface area contributed by atoms with E-state index in [0.29, 0.717) is 24.7 Å². The molecule has 1 aliphatic rings. The van der Waals surface area contributed by atoms with Crippen molar-refractivity contribution in [3.05, 3.63) is 60.4 Å². The number of hydrogen-bond donors (Lipinski definition) is 0. The fourth-order valence-electron chi connectivity index (χ4n) is 3.80. The molecular formula is C23H24N2O3. The van der Waals surface area contributed by atoms with Crippen LogP contribution < -0.4 is 4.74 Å². The zero-order chi connectivity index (χ0) is 19.7. The number of aromatic nitrogens is 1. The van der Waals surface area contributed by atoms with Gasteiger partial charge in [-0.3, -0.25) is 9.59 Å². The van der Waals surface area contributed by atoms with Gasteiger partial charge in [-0.2, -0.15) is 0 Å². The number of ketones is 1. The quantitative estimate of drug-likeness (QED) is 0.510. The molecule has 0 spiro atoms. The average molecular weight is 376 g/mol. The average Bonchev–Trinajstić information content (AvgIpc) is 3.13. The highest BCUT2D eigenvalue weighted by Gasteiger charge is 2.30. The molecule has 4 rings (SSSR count). The van der Waals surface area contributed by atoms with E-state index in [2.05, 4.69) is 6.92 Å². The summed E-state index contributed by atoms with van der Waals surface area (Å²) in [5, 5.41) is 0. The Kier molecular flexibility index (Phi) is 4.90. The van der Waals surface area contributed by atoms with Gasteiger partial charge in [0.2, 0.25) is 0 Å². The lowest BCUT2D eigenvalue weighted by Gasteiger charge is -2.29. The van der Waals surface area contributed by atoms with Gasteiger partial charge in [0.15, 0.2) is 0 Å². The summed E-state index contributed by atoms with van der Waals surface area (Å²) in [6.07, 6.45) is 3.72. The number of benzene rings is 1. The monoisotopic (exact) mass is 376 g/mol. The van der Waals surface area contributed by atoms with Crippen molar-refractivity contribution in [1.82, 2.24) is 9.30 Å². The van der Waals surface area contributed by atoms with Gasteiger partial charge in [-0.05, 0) is 54.7 Å². The third-order valence-corrected chi connectivity index (χ3v) is 5.56. The van der Waals surface area contributed by atoms with E-state index in [1.165, 1.54) is 0 Å². The number of hydrogen-bond acceptors (Lipinski definition) is 3. The highest BCUT2D eigenvalue weighted by Crippen LogP contribution is 2.30. The second-order valence-corrected chi connectivity index (χ2v) is 7.43. The van der Waals surface area contributed by atoms with E-state index in [9.17, 15) is 9.59 Å². The van der Waals surface area contributed by atoms with Crippen LogP contribution in [0.1, 0.15) is 30.3 Å². The Labute approximate surface area is 164 Å². The minimum absolute atomic E-state index is 0.412. The van der Waals surface area contributed by atoms with E-state index in [-0.39, 0.29) is 0 Å². The normalized spacial score (nSPS) is 15.0. The predicted molar refractivity (Wildman–Crippen MR) is 109 cm³/mol. The van der Waals surface area contributed by atoms with Gasteiger partial charge in [0.1, 0.15) is 11.4 Å². The minimum atomic E-state index is -0.452. The number of Topliss-reactive ketones (excluding diaryl/α,β-unsaturated/α-hetero) is 1. The van der Waals surface area contributed by atoms with Gasteiger partial charge in [0.05, 0.1) is 7.11 Å². The highest BCUT2D eigenvalue weighted by molar-refractivity contribution is 6.43. The first-order valence-electron chi connectivity index (χ1n) is 9.66. The summed E-state index contributed by atoms with van der Waals surface area (Å²) in [4.78, 5) is 28.0. The van der Waals surface area contributed by atoms with Crippen molar-refractivity contribution in [3.8, 4) is 16.9 Å². The minimum Gasteiger partial charge on any atom is -0.497 e.